The first-order chi connectivity index (χ1) is 9.47. The van der Waals surface area contributed by atoms with Gasteiger partial charge in [-0.25, -0.2) is 0 Å². The number of aryl methyl sites for hydroxylation is 1. The molecule has 20 heavy (non-hydrogen) atoms. The van der Waals surface area contributed by atoms with Crippen LogP contribution in [0.1, 0.15) is 42.7 Å². The summed E-state index contributed by atoms with van der Waals surface area (Å²) in [5.41, 5.74) is 6.82. The van der Waals surface area contributed by atoms with Crippen LogP contribution in [0, 0.1) is 13.8 Å². The summed E-state index contributed by atoms with van der Waals surface area (Å²) in [4.78, 5) is 24.7. The molecule has 0 radical (unpaired) electrons. The molecule has 5 nitrogen and oxygen atoms in total. The van der Waals surface area contributed by atoms with Crippen LogP contribution in [0.5, 0.6) is 0 Å². The number of nitrogens with two attached hydrogens (primary N) is 1. The maximum absolute atomic E-state index is 11.9. The van der Waals surface area contributed by atoms with Crippen LogP contribution in [-0.4, -0.2) is 22.6 Å². The number of hydrogen-bond acceptors (Lipinski definition) is 4. The van der Waals surface area contributed by atoms with Crippen molar-refractivity contribution in [3.05, 3.63) is 20.2 Å². The molecule has 0 unspecified atom stereocenters. The van der Waals surface area contributed by atoms with Crippen LogP contribution in [0.15, 0.2) is 4.79 Å². The summed E-state index contributed by atoms with van der Waals surface area (Å²) in [6, 6.07) is 0.544. The molecular weight excluding hydrogens is 274 g/mol. The Morgan fingerprint density at radius 2 is 2.00 bits per heavy atom. The number of hydrogen-bond donors (Lipinski definition) is 2. The van der Waals surface area contributed by atoms with Gasteiger partial charge in [-0.05, 0) is 39.5 Å². The number of amides is 1. The smallest absolute Gasteiger partial charge is 0.307 e. The molecule has 1 aliphatic rings. The second-order valence-corrected chi connectivity index (χ2v) is 6.76. The molecule has 1 aromatic heterocycles. The van der Waals surface area contributed by atoms with Crippen LogP contribution in [0.25, 0.3) is 0 Å². The molecular formula is C14H23N3O2S. The number of nitrogens with zero attached hydrogens (tertiary/aromatic N) is 1. The van der Waals surface area contributed by atoms with Gasteiger partial charge in [-0.2, -0.15) is 0 Å². The molecule has 6 heteroatoms. The number of carbonyl (C=O) groups is 1. The summed E-state index contributed by atoms with van der Waals surface area (Å²) in [6.07, 6.45) is 4.24. The van der Waals surface area contributed by atoms with Crippen molar-refractivity contribution >= 4 is 17.2 Å². The van der Waals surface area contributed by atoms with Crippen molar-refractivity contribution in [1.82, 2.24) is 9.88 Å². The zero-order chi connectivity index (χ0) is 14.7. The summed E-state index contributed by atoms with van der Waals surface area (Å²) in [6.45, 7) is 4.32. The maximum atomic E-state index is 11.9. The van der Waals surface area contributed by atoms with Crippen LogP contribution in [0.4, 0.5) is 0 Å². The predicted molar refractivity (Wildman–Crippen MR) is 81.0 cm³/mol. The molecule has 1 saturated carbocycles. The Bertz CT molecular complexity index is 527. The van der Waals surface area contributed by atoms with E-state index >= 15 is 0 Å². The minimum atomic E-state index is 0.0245. The molecule has 3 N–H and O–H groups in total. The van der Waals surface area contributed by atoms with E-state index in [1.165, 1.54) is 11.3 Å². The second-order valence-electron chi connectivity index (χ2n) is 5.59. The highest BCUT2D eigenvalue weighted by Crippen LogP contribution is 2.17. The quantitative estimate of drug-likeness (QED) is 0.879. The van der Waals surface area contributed by atoms with E-state index in [4.69, 9.17) is 5.73 Å². The topological polar surface area (TPSA) is 77.1 Å². The lowest BCUT2D eigenvalue weighted by Gasteiger charge is -2.26. The lowest BCUT2D eigenvalue weighted by Crippen LogP contribution is -2.40. The zero-order valence-electron chi connectivity index (χ0n) is 12.1. The summed E-state index contributed by atoms with van der Waals surface area (Å²) in [5, 5.41) is 3.05. The highest BCUT2D eigenvalue weighted by molar-refractivity contribution is 7.09. The molecule has 1 aromatic rings. The Kier molecular flexibility index (Phi) is 4.99. The van der Waals surface area contributed by atoms with Gasteiger partial charge in [-0.1, -0.05) is 11.3 Å². The third-order valence-electron chi connectivity index (χ3n) is 4.07. The number of thiazole rings is 1. The number of nitrogens with one attached hydrogen (secondary N) is 1. The molecule has 0 spiro atoms. The van der Waals surface area contributed by atoms with Gasteiger partial charge < -0.3 is 15.6 Å². The van der Waals surface area contributed by atoms with Crippen molar-refractivity contribution in [2.75, 3.05) is 0 Å². The average Bonchev–Trinajstić information content (AvgIpc) is 2.64. The fourth-order valence-corrected chi connectivity index (χ4v) is 3.48. The Balaban J connectivity index is 1.82. The van der Waals surface area contributed by atoms with E-state index in [0.717, 1.165) is 36.3 Å². The number of carbonyl (C=O) groups excluding carboxylic acids is 1. The van der Waals surface area contributed by atoms with Gasteiger partial charge in [0.05, 0.1) is 0 Å². The molecule has 2 rings (SSSR count). The number of aromatic nitrogens is 1. The van der Waals surface area contributed by atoms with Crippen LogP contribution in [0.2, 0.25) is 0 Å². The molecule has 112 valence electrons. The molecule has 1 aliphatic carbocycles. The first kappa shape index (κ1) is 15.3. The predicted octanol–water partition coefficient (Wildman–Crippen LogP) is 1.30. The lowest BCUT2D eigenvalue weighted by molar-refractivity contribution is -0.122. The van der Waals surface area contributed by atoms with Gasteiger partial charge in [-0.3, -0.25) is 9.59 Å². The van der Waals surface area contributed by atoms with Gasteiger partial charge in [0.25, 0.3) is 0 Å². The molecule has 0 aliphatic heterocycles. The second kappa shape index (κ2) is 6.54. The van der Waals surface area contributed by atoms with Crippen molar-refractivity contribution in [2.24, 2.45) is 5.73 Å². The van der Waals surface area contributed by atoms with Crippen molar-refractivity contribution in [1.29, 1.82) is 0 Å². The molecule has 0 atom stereocenters. The van der Waals surface area contributed by atoms with E-state index in [2.05, 4.69) is 5.32 Å². The van der Waals surface area contributed by atoms with Crippen LogP contribution in [-0.2, 0) is 11.3 Å². The van der Waals surface area contributed by atoms with Crippen LogP contribution in [0.3, 0.4) is 0 Å². The monoisotopic (exact) mass is 297 g/mol. The fraction of sp³-hybridized carbons (Fsp3) is 0.714. The summed E-state index contributed by atoms with van der Waals surface area (Å²) >= 11 is 1.25. The maximum Gasteiger partial charge on any atom is 0.307 e. The highest BCUT2D eigenvalue weighted by Gasteiger charge is 2.20. The van der Waals surface area contributed by atoms with Crippen LogP contribution >= 0.6 is 11.3 Å². The minimum Gasteiger partial charge on any atom is -0.353 e. The molecule has 1 heterocycles. The summed E-state index contributed by atoms with van der Waals surface area (Å²) in [7, 11) is 0. The first-order valence-electron chi connectivity index (χ1n) is 7.19. The van der Waals surface area contributed by atoms with Gasteiger partial charge in [0, 0.05) is 35.6 Å². The van der Waals surface area contributed by atoms with Gasteiger partial charge >= 0.3 is 4.87 Å². The average molecular weight is 297 g/mol. The van der Waals surface area contributed by atoms with E-state index in [1.54, 1.807) is 4.57 Å². The van der Waals surface area contributed by atoms with E-state index in [-0.39, 0.29) is 22.9 Å². The third kappa shape index (κ3) is 3.70. The normalized spacial score (nSPS) is 22.8. The molecule has 0 aromatic carbocycles. The largest absolute Gasteiger partial charge is 0.353 e. The molecule has 1 amide bonds. The van der Waals surface area contributed by atoms with E-state index < -0.39 is 0 Å². The highest BCUT2D eigenvalue weighted by atomic mass is 32.1. The minimum absolute atomic E-state index is 0.0245. The van der Waals surface area contributed by atoms with Gasteiger partial charge in [0.1, 0.15) is 0 Å². The third-order valence-corrected chi connectivity index (χ3v) is 5.07. The molecule has 1 fully saturated rings. The van der Waals surface area contributed by atoms with Crippen molar-refractivity contribution in [2.45, 2.75) is 64.6 Å². The fourth-order valence-electron chi connectivity index (χ4n) is 2.62. The molecule has 0 bridgehead atoms. The van der Waals surface area contributed by atoms with Gasteiger partial charge in [-0.15, -0.1) is 0 Å². The van der Waals surface area contributed by atoms with Crippen molar-refractivity contribution in [3.8, 4) is 0 Å². The van der Waals surface area contributed by atoms with E-state index in [1.807, 2.05) is 13.8 Å². The van der Waals surface area contributed by atoms with E-state index in [9.17, 15) is 9.59 Å². The molecule has 0 saturated heterocycles. The Hall–Kier alpha value is -1.14. The zero-order valence-corrected chi connectivity index (χ0v) is 13.0. The Morgan fingerprint density at radius 3 is 2.55 bits per heavy atom. The lowest BCUT2D eigenvalue weighted by atomic mass is 9.92. The van der Waals surface area contributed by atoms with Gasteiger partial charge in [0.15, 0.2) is 0 Å². The van der Waals surface area contributed by atoms with Gasteiger partial charge in [0.2, 0.25) is 5.91 Å². The summed E-state index contributed by atoms with van der Waals surface area (Å²) in [5.74, 6) is 0.0284. The first-order valence-corrected chi connectivity index (χ1v) is 8.00. The standard InChI is InChI=1S/C14H23N3O2S/c1-9-10(2)20-14(19)17(9)8-7-13(18)16-12-5-3-11(15)4-6-12/h11-12H,3-8,15H2,1-2H3,(H,16,18). The Labute approximate surface area is 123 Å². The SMILES string of the molecule is Cc1sc(=O)n(CCC(=O)NC2CCC(N)CC2)c1C. The van der Waals surface area contributed by atoms with Crippen molar-refractivity contribution in [3.63, 3.8) is 0 Å². The van der Waals surface area contributed by atoms with Crippen LogP contribution < -0.4 is 15.9 Å². The number of rotatable bonds is 4. The van der Waals surface area contributed by atoms with E-state index in [0.29, 0.717) is 13.0 Å². The van der Waals surface area contributed by atoms with Crippen molar-refractivity contribution < 1.29 is 4.79 Å². The summed E-state index contributed by atoms with van der Waals surface area (Å²) < 4.78 is 1.69. The Morgan fingerprint density at radius 1 is 1.35 bits per heavy atom.